The van der Waals surface area contributed by atoms with Crippen LogP contribution in [0.3, 0.4) is 0 Å². The van der Waals surface area contributed by atoms with Gasteiger partial charge in [0, 0.05) is 5.41 Å². The fourth-order valence-corrected chi connectivity index (χ4v) is 4.43. The lowest BCUT2D eigenvalue weighted by atomic mass is 9.79. The maximum Gasteiger partial charge on any atom is 0.313 e. The lowest BCUT2D eigenvalue weighted by Gasteiger charge is -2.28. The van der Waals surface area contributed by atoms with E-state index in [0.29, 0.717) is 6.42 Å². The van der Waals surface area contributed by atoms with Crippen LogP contribution < -0.4 is 0 Å². The fraction of sp³-hybridized carbons (Fsp3) is 0.458. The standard InChI is InChI=1S/C24H32O3S/c1-23(19-25,20-11-5-3-6-12-20)15-9-17-28-18-10-16-24(2,22(26)27)21-13-7-4-8-14-21/h3-8,11-14,25H,9-10,15-19H2,1-2H3,(H,26,27). The minimum Gasteiger partial charge on any atom is -0.481 e. The van der Waals surface area contributed by atoms with E-state index >= 15 is 0 Å². The fourth-order valence-electron chi connectivity index (χ4n) is 3.53. The van der Waals surface area contributed by atoms with Crippen molar-refractivity contribution in [1.82, 2.24) is 0 Å². The molecule has 0 aliphatic rings. The Morgan fingerprint density at radius 2 is 1.36 bits per heavy atom. The quantitative estimate of drug-likeness (QED) is 0.476. The molecule has 2 aromatic carbocycles. The largest absolute Gasteiger partial charge is 0.481 e. The normalized spacial score (nSPS) is 15.5. The van der Waals surface area contributed by atoms with Crippen molar-refractivity contribution in [3.8, 4) is 0 Å². The number of carboxylic acid groups (broad SMARTS) is 1. The van der Waals surface area contributed by atoms with E-state index in [1.54, 1.807) is 0 Å². The molecule has 4 heteroatoms. The van der Waals surface area contributed by atoms with E-state index in [1.807, 2.05) is 67.2 Å². The van der Waals surface area contributed by atoms with Crippen LogP contribution in [0.25, 0.3) is 0 Å². The van der Waals surface area contributed by atoms with Crippen LogP contribution >= 0.6 is 11.8 Å². The zero-order valence-electron chi connectivity index (χ0n) is 16.9. The van der Waals surface area contributed by atoms with Gasteiger partial charge in [-0.25, -0.2) is 0 Å². The molecule has 2 rings (SSSR count). The Bertz CT molecular complexity index is 719. The Morgan fingerprint density at radius 1 is 0.857 bits per heavy atom. The molecule has 152 valence electrons. The first kappa shape index (κ1) is 22.5. The summed E-state index contributed by atoms with van der Waals surface area (Å²) in [6, 6.07) is 19.7. The van der Waals surface area contributed by atoms with Crippen LogP contribution in [0, 0.1) is 0 Å². The van der Waals surface area contributed by atoms with Crippen molar-refractivity contribution in [2.24, 2.45) is 0 Å². The van der Waals surface area contributed by atoms with Crippen molar-refractivity contribution < 1.29 is 15.0 Å². The molecule has 0 radical (unpaired) electrons. The molecule has 0 saturated carbocycles. The summed E-state index contributed by atoms with van der Waals surface area (Å²) in [5, 5.41) is 19.6. The Kier molecular flexibility index (Phi) is 8.58. The molecule has 3 nitrogen and oxygen atoms in total. The molecule has 0 fully saturated rings. The number of carboxylic acids is 1. The molecule has 2 N–H and O–H groups in total. The molecular weight excluding hydrogens is 368 g/mol. The molecule has 2 atom stereocenters. The summed E-state index contributed by atoms with van der Waals surface area (Å²) < 4.78 is 0. The van der Waals surface area contributed by atoms with Gasteiger partial charge in [0.15, 0.2) is 0 Å². The monoisotopic (exact) mass is 400 g/mol. The number of aliphatic carboxylic acids is 1. The third-order valence-corrected chi connectivity index (χ3v) is 6.84. The number of hydrogen-bond donors (Lipinski definition) is 2. The van der Waals surface area contributed by atoms with Gasteiger partial charge in [-0.1, -0.05) is 67.6 Å². The minimum absolute atomic E-state index is 0.149. The second-order valence-corrected chi connectivity index (χ2v) is 9.13. The number of carbonyl (C=O) groups is 1. The topological polar surface area (TPSA) is 57.5 Å². The lowest BCUT2D eigenvalue weighted by molar-refractivity contribution is -0.143. The predicted molar refractivity (Wildman–Crippen MR) is 118 cm³/mol. The van der Waals surface area contributed by atoms with E-state index in [-0.39, 0.29) is 12.0 Å². The van der Waals surface area contributed by atoms with Crippen molar-refractivity contribution in [2.75, 3.05) is 18.1 Å². The van der Waals surface area contributed by atoms with E-state index in [9.17, 15) is 15.0 Å². The van der Waals surface area contributed by atoms with E-state index in [1.165, 1.54) is 5.56 Å². The lowest BCUT2D eigenvalue weighted by Crippen LogP contribution is -2.32. The maximum absolute atomic E-state index is 11.8. The van der Waals surface area contributed by atoms with Crippen LogP contribution in [0.2, 0.25) is 0 Å². The van der Waals surface area contributed by atoms with Gasteiger partial charge < -0.3 is 10.2 Å². The number of aliphatic hydroxyl groups excluding tert-OH is 1. The smallest absolute Gasteiger partial charge is 0.313 e. The van der Waals surface area contributed by atoms with Gasteiger partial charge in [-0.15, -0.1) is 0 Å². The van der Waals surface area contributed by atoms with E-state index in [4.69, 9.17) is 0 Å². The zero-order chi connectivity index (χ0) is 20.5. The van der Waals surface area contributed by atoms with Crippen molar-refractivity contribution in [2.45, 2.75) is 50.4 Å². The van der Waals surface area contributed by atoms with Gasteiger partial charge in [-0.2, -0.15) is 11.8 Å². The van der Waals surface area contributed by atoms with Gasteiger partial charge in [0.2, 0.25) is 0 Å². The van der Waals surface area contributed by atoms with Crippen molar-refractivity contribution in [3.05, 3.63) is 71.8 Å². The van der Waals surface area contributed by atoms with Crippen molar-refractivity contribution in [1.29, 1.82) is 0 Å². The molecule has 2 aromatic rings. The van der Waals surface area contributed by atoms with Crippen LogP contribution in [0.5, 0.6) is 0 Å². The minimum atomic E-state index is -0.829. The molecular formula is C24H32O3S. The summed E-state index contributed by atoms with van der Waals surface area (Å²) in [5.41, 5.74) is 1.03. The van der Waals surface area contributed by atoms with Crippen molar-refractivity contribution in [3.63, 3.8) is 0 Å². The molecule has 0 saturated heterocycles. The highest BCUT2D eigenvalue weighted by Gasteiger charge is 2.34. The van der Waals surface area contributed by atoms with Gasteiger partial charge >= 0.3 is 5.97 Å². The number of rotatable bonds is 12. The summed E-state index contributed by atoms with van der Waals surface area (Å²) in [5.74, 6) is 1.22. The van der Waals surface area contributed by atoms with Gasteiger partial charge in [0.05, 0.1) is 12.0 Å². The van der Waals surface area contributed by atoms with Crippen LogP contribution in [0.1, 0.15) is 50.7 Å². The average molecular weight is 401 g/mol. The summed E-state index contributed by atoms with van der Waals surface area (Å²) in [6.07, 6.45) is 3.49. The van der Waals surface area contributed by atoms with E-state index < -0.39 is 11.4 Å². The summed E-state index contributed by atoms with van der Waals surface area (Å²) in [4.78, 5) is 11.8. The van der Waals surface area contributed by atoms with Gasteiger partial charge in [0.1, 0.15) is 0 Å². The maximum atomic E-state index is 11.8. The molecule has 0 amide bonds. The average Bonchev–Trinajstić information content (AvgIpc) is 2.73. The SMILES string of the molecule is CC(CO)(CCCSCCCC(C)(C(=O)O)c1ccccc1)c1ccccc1. The van der Waals surface area contributed by atoms with Crippen LogP contribution in [0.4, 0.5) is 0 Å². The third kappa shape index (κ3) is 5.86. The Hall–Kier alpha value is -1.78. The Labute approximate surface area is 173 Å². The molecule has 0 bridgehead atoms. The van der Waals surface area contributed by atoms with E-state index in [2.05, 4.69) is 19.1 Å². The molecule has 28 heavy (non-hydrogen) atoms. The molecule has 0 aliphatic carbocycles. The second kappa shape index (κ2) is 10.7. The molecule has 0 spiro atoms. The Balaban J connectivity index is 1.75. The first-order valence-corrected chi connectivity index (χ1v) is 11.1. The number of benzene rings is 2. The highest BCUT2D eigenvalue weighted by molar-refractivity contribution is 7.99. The Morgan fingerprint density at radius 3 is 1.86 bits per heavy atom. The highest BCUT2D eigenvalue weighted by Crippen LogP contribution is 2.31. The number of thioether (sulfide) groups is 1. The first-order valence-electron chi connectivity index (χ1n) is 9.95. The van der Waals surface area contributed by atoms with Gasteiger partial charge in [-0.05, 0) is 55.2 Å². The summed E-state index contributed by atoms with van der Waals surface area (Å²) >= 11 is 1.87. The highest BCUT2D eigenvalue weighted by atomic mass is 32.2. The van der Waals surface area contributed by atoms with Crippen LogP contribution in [-0.2, 0) is 15.6 Å². The van der Waals surface area contributed by atoms with E-state index in [0.717, 1.165) is 36.3 Å². The van der Waals surface area contributed by atoms with Crippen LogP contribution in [0.15, 0.2) is 60.7 Å². The molecule has 0 aliphatic heterocycles. The molecule has 2 unspecified atom stereocenters. The third-order valence-electron chi connectivity index (χ3n) is 5.69. The number of aliphatic hydroxyl groups is 1. The zero-order valence-corrected chi connectivity index (χ0v) is 17.8. The van der Waals surface area contributed by atoms with Crippen LogP contribution in [-0.4, -0.2) is 34.3 Å². The van der Waals surface area contributed by atoms with Gasteiger partial charge in [0.25, 0.3) is 0 Å². The van der Waals surface area contributed by atoms with Gasteiger partial charge in [-0.3, -0.25) is 4.79 Å². The predicted octanol–water partition coefficient (Wildman–Crippen LogP) is 5.27. The summed E-state index contributed by atoms with van der Waals surface area (Å²) in [7, 11) is 0. The first-order chi connectivity index (χ1) is 13.4. The number of hydrogen-bond acceptors (Lipinski definition) is 3. The molecule has 0 heterocycles. The van der Waals surface area contributed by atoms with Crippen molar-refractivity contribution >= 4 is 17.7 Å². The molecule has 0 aromatic heterocycles. The second-order valence-electron chi connectivity index (χ2n) is 7.91. The summed E-state index contributed by atoms with van der Waals surface area (Å²) in [6.45, 7) is 4.09.